The van der Waals surface area contributed by atoms with Crippen molar-refractivity contribution in [2.24, 2.45) is 0 Å². The van der Waals surface area contributed by atoms with Gasteiger partial charge in [-0.2, -0.15) is 0 Å². The molecule has 0 bridgehead atoms. The van der Waals surface area contributed by atoms with E-state index >= 15 is 0 Å². The van der Waals surface area contributed by atoms with Gasteiger partial charge in [0.15, 0.2) is 0 Å². The summed E-state index contributed by atoms with van der Waals surface area (Å²) in [4.78, 5) is 0. The number of rotatable bonds is 5. The van der Waals surface area contributed by atoms with Crippen LogP contribution in [0.2, 0.25) is 0 Å². The number of ether oxygens (including phenoxy) is 2. The standard InChI is InChI=1S/C34H29NO2.Mo/c1-5-36-30-17-14-26-9-7-8-10-28(26)32(30)33-29-16-13-24(21-27(29)15-18-31(33)37-6-2)11-12-25-19-22(3)34(35)23(4)20-25;/h7-10,13-21H,5-6H2,1-4H3;/q+1;. The van der Waals surface area contributed by atoms with Crippen LogP contribution in [-0.2, 0) is 19.4 Å². The van der Waals surface area contributed by atoms with Crippen molar-refractivity contribution in [2.45, 2.75) is 27.7 Å². The molecular formula is C34H29MoNO2+. The summed E-state index contributed by atoms with van der Waals surface area (Å²) in [5.41, 5.74) is 7.41. The van der Waals surface area contributed by atoms with Crippen molar-refractivity contribution in [1.82, 2.24) is 0 Å². The number of benzene rings is 5. The molecule has 4 heteroatoms. The van der Waals surface area contributed by atoms with Gasteiger partial charge in [-0.15, -0.1) is 0 Å². The number of fused-ring (bicyclic) bond motifs is 2. The summed E-state index contributed by atoms with van der Waals surface area (Å²) in [6, 6.07) is 27.4. The number of nitrogens with zero attached hydrogens (tertiary/aromatic N) is 1. The summed E-state index contributed by atoms with van der Waals surface area (Å²) >= 11 is 1.76. The first-order valence-electron chi connectivity index (χ1n) is 12.8. The van der Waals surface area contributed by atoms with E-state index in [-0.39, 0.29) is 0 Å². The SMILES string of the molecule is CCOc1ccc2ccccc2c1-c1c(OCC)ccc2cc(C#Cc3cc(C)c([N+]#[Mo])c(C)c3)ccc12. The Morgan fingerprint density at radius 1 is 0.658 bits per heavy atom. The van der Waals surface area contributed by atoms with Gasteiger partial charge in [-0.3, -0.25) is 0 Å². The molecule has 0 unspecified atom stereocenters. The fraction of sp³-hybridized carbons (Fsp3) is 0.176. The van der Waals surface area contributed by atoms with Crippen LogP contribution in [0.1, 0.15) is 36.1 Å². The van der Waals surface area contributed by atoms with Gasteiger partial charge in [0, 0.05) is 5.56 Å². The van der Waals surface area contributed by atoms with Crippen LogP contribution >= 0.6 is 0 Å². The van der Waals surface area contributed by atoms with Crippen molar-refractivity contribution in [1.29, 1.82) is 0 Å². The fourth-order valence-corrected chi connectivity index (χ4v) is 5.73. The Labute approximate surface area is 235 Å². The molecule has 5 aromatic rings. The van der Waals surface area contributed by atoms with E-state index in [2.05, 4.69) is 108 Å². The molecule has 0 saturated heterocycles. The summed E-state index contributed by atoms with van der Waals surface area (Å²) in [6.07, 6.45) is 0. The van der Waals surface area contributed by atoms with Crippen LogP contribution in [0.4, 0.5) is 5.69 Å². The first-order valence-corrected chi connectivity index (χ1v) is 13.7. The van der Waals surface area contributed by atoms with Crippen molar-refractivity contribution in [3.8, 4) is 34.5 Å². The molecule has 5 aromatic carbocycles. The zero-order chi connectivity index (χ0) is 26.6. The van der Waals surface area contributed by atoms with Crippen LogP contribution in [-0.4, -0.2) is 13.2 Å². The van der Waals surface area contributed by atoms with Crippen LogP contribution in [0.25, 0.3) is 36.0 Å². The van der Waals surface area contributed by atoms with E-state index in [0.29, 0.717) is 13.2 Å². The first-order chi connectivity index (χ1) is 18.5. The van der Waals surface area contributed by atoms with Gasteiger partial charge in [0.1, 0.15) is 11.5 Å². The molecule has 0 fully saturated rings. The van der Waals surface area contributed by atoms with Crippen LogP contribution < -0.4 is 9.47 Å². The van der Waals surface area contributed by atoms with Crippen LogP contribution in [0.3, 0.4) is 0 Å². The van der Waals surface area contributed by atoms with Gasteiger partial charge in [0.05, 0.1) is 13.2 Å². The van der Waals surface area contributed by atoms with Gasteiger partial charge in [0.25, 0.3) is 0 Å². The number of aryl methyl sites for hydroxylation is 2. The van der Waals surface area contributed by atoms with Gasteiger partial charge in [-0.25, -0.2) is 0 Å². The van der Waals surface area contributed by atoms with Crippen molar-refractivity contribution in [3.05, 3.63) is 104 Å². The Morgan fingerprint density at radius 2 is 1.24 bits per heavy atom. The minimum absolute atomic E-state index is 0.583. The van der Waals surface area contributed by atoms with E-state index in [0.717, 1.165) is 66.7 Å². The molecule has 38 heavy (non-hydrogen) atoms. The minimum atomic E-state index is 0.583. The Balaban J connectivity index is 1.69. The molecule has 0 radical (unpaired) electrons. The summed E-state index contributed by atoms with van der Waals surface area (Å²) in [6.45, 7) is 9.37. The van der Waals surface area contributed by atoms with E-state index < -0.39 is 0 Å². The monoisotopic (exact) mass is 581 g/mol. The van der Waals surface area contributed by atoms with Crippen LogP contribution in [0, 0.1) is 25.7 Å². The molecule has 187 valence electrons. The first kappa shape index (κ1) is 25.8. The van der Waals surface area contributed by atoms with Crippen LogP contribution in [0.5, 0.6) is 11.5 Å². The van der Waals surface area contributed by atoms with E-state index in [4.69, 9.17) is 9.47 Å². The molecule has 0 aromatic heterocycles. The third kappa shape index (κ3) is 4.99. The van der Waals surface area contributed by atoms with Crippen LogP contribution in [0.15, 0.2) is 78.9 Å². The van der Waals surface area contributed by atoms with Gasteiger partial charge < -0.3 is 9.47 Å². The molecule has 0 spiro atoms. The van der Waals surface area contributed by atoms with Crippen molar-refractivity contribution in [3.63, 3.8) is 0 Å². The van der Waals surface area contributed by atoms with Gasteiger partial charge in [0.2, 0.25) is 0 Å². The second kappa shape index (κ2) is 11.3. The summed E-state index contributed by atoms with van der Waals surface area (Å²) in [5.74, 6) is 8.43. The molecule has 0 aliphatic heterocycles. The molecule has 0 aliphatic carbocycles. The summed E-state index contributed by atoms with van der Waals surface area (Å²) < 4.78 is 16.7. The predicted octanol–water partition coefficient (Wildman–Crippen LogP) is 8.94. The quantitative estimate of drug-likeness (QED) is 0.153. The van der Waals surface area contributed by atoms with Gasteiger partial charge >= 0.3 is 135 Å². The van der Waals surface area contributed by atoms with Crippen molar-refractivity contribution >= 4 is 27.2 Å². The molecule has 0 atom stereocenters. The molecular weight excluding hydrogens is 550 g/mol. The van der Waals surface area contributed by atoms with Crippen molar-refractivity contribution in [2.75, 3.05) is 13.2 Å². The van der Waals surface area contributed by atoms with E-state index in [1.165, 1.54) is 5.39 Å². The molecule has 3 nitrogen and oxygen atoms in total. The van der Waals surface area contributed by atoms with E-state index in [9.17, 15) is 0 Å². The maximum atomic E-state index is 6.17. The second-order valence-electron chi connectivity index (χ2n) is 9.20. The average molecular weight is 580 g/mol. The number of hydrogen-bond acceptors (Lipinski definition) is 2. The number of hydrogen-bond donors (Lipinski definition) is 0. The predicted molar refractivity (Wildman–Crippen MR) is 154 cm³/mol. The molecule has 0 heterocycles. The molecule has 0 saturated carbocycles. The zero-order valence-corrected chi connectivity index (χ0v) is 24.1. The second-order valence-corrected chi connectivity index (χ2v) is 9.65. The van der Waals surface area contributed by atoms with Gasteiger partial charge in [-0.1, -0.05) is 30.3 Å². The van der Waals surface area contributed by atoms with E-state index in [1.807, 2.05) is 13.8 Å². The maximum absolute atomic E-state index is 6.17. The molecule has 0 aliphatic rings. The molecule has 0 amide bonds. The average Bonchev–Trinajstić information content (AvgIpc) is 2.92. The Bertz CT molecular complexity index is 1760. The molecule has 0 N–H and O–H groups in total. The Hall–Kier alpha value is -3.82. The fourth-order valence-electron chi connectivity index (χ4n) is 5.02. The van der Waals surface area contributed by atoms with E-state index in [1.54, 1.807) is 19.4 Å². The molecule has 5 rings (SSSR count). The summed E-state index contributed by atoms with van der Waals surface area (Å²) in [7, 11) is 0. The third-order valence-electron chi connectivity index (χ3n) is 6.66. The summed E-state index contributed by atoms with van der Waals surface area (Å²) in [5, 5.41) is 4.53. The third-order valence-corrected chi connectivity index (χ3v) is 7.10. The topological polar surface area (TPSA) is 22.8 Å². The van der Waals surface area contributed by atoms with Gasteiger partial charge in [-0.05, 0) is 30.7 Å². The zero-order valence-electron chi connectivity index (χ0n) is 22.1. The normalized spacial score (nSPS) is 10.6. The Kier molecular flexibility index (Phi) is 7.66. The Morgan fingerprint density at radius 3 is 1.87 bits per heavy atom. The van der Waals surface area contributed by atoms with Crippen molar-refractivity contribution < 1.29 is 28.9 Å².